The number of benzene rings is 2. The molecule has 0 radical (unpaired) electrons. The van der Waals surface area contributed by atoms with Crippen LogP contribution < -0.4 is 14.4 Å². The van der Waals surface area contributed by atoms with Crippen LogP contribution in [0.25, 0.3) is 11.4 Å². The van der Waals surface area contributed by atoms with Gasteiger partial charge in [0.15, 0.2) is 22.5 Å². The predicted molar refractivity (Wildman–Crippen MR) is 110 cm³/mol. The maximum Gasteiger partial charge on any atom is 0.237 e. The maximum atomic E-state index is 12.9. The van der Waals surface area contributed by atoms with Crippen LogP contribution in [0.3, 0.4) is 0 Å². The summed E-state index contributed by atoms with van der Waals surface area (Å²) in [6.45, 7) is 2.32. The third-order valence-corrected chi connectivity index (χ3v) is 6.27. The highest BCUT2D eigenvalue weighted by atomic mass is 32.2. The first-order chi connectivity index (χ1) is 14.1. The number of carbonyl (C=O) groups is 1. The molecule has 2 aromatic carbocycles. The molecule has 0 bridgehead atoms. The molecule has 29 heavy (non-hydrogen) atoms. The molecule has 1 atom stereocenters. The van der Waals surface area contributed by atoms with Gasteiger partial charge in [-0.2, -0.15) is 0 Å². The molecule has 1 aromatic heterocycles. The zero-order chi connectivity index (χ0) is 20.0. The first kappa shape index (κ1) is 18.1. The SMILES string of the molecule is C[C@@H]1Cc2ccccc2N1C(=O)CSc1nnc(-c2ccc3c(c2)OCO3)n1C. The molecule has 2 aliphatic heterocycles. The number of ether oxygens (including phenoxy) is 2. The van der Waals surface area contributed by atoms with E-state index in [9.17, 15) is 4.79 Å². The van der Waals surface area contributed by atoms with E-state index in [1.807, 2.05) is 52.9 Å². The number of fused-ring (bicyclic) bond motifs is 2. The van der Waals surface area contributed by atoms with Gasteiger partial charge in [-0.15, -0.1) is 10.2 Å². The fourth-order valence-corrected chi connectivity index (χ4v) is 4.64. The summed E-state index contributed by atoms with van der Waals surface area (Å²) < 4.78 is 12.7. The number of hydrogen-bond donors (Lipinski definition) is 0. The fourth-order valence-electron chi connectivity index (χ4n) is 3.87. The number of nitrogens with zero attached hydrogens (tertiary/aromatic N) is 4. The van der Waals surface area contributed by atoms with Crippen molar-refractivity contribution in [2.75, 3.05) is 17.4 Å². The summed E-state index contributed by atoms with van der Waals surface area (Å²) in [7, 11) is 1.90. The summed E-state index contributed by atoms with van der Waals surface area (Å²) >= 11 is 1.40. The van der Waals surface area contributed by atoms with Crippen molar-refractivity contribution in [1.82, 2.24) is 14.8 Å². The molecule has 3 heterocycles. The molecule has 0 spiro atoms. The number of hydrogen-bond acceptors (Lipinski definition) is 6. The van der Waals surface area contributed by atoms with Gasteiger partial charge in [0.2, 0.25) is 12.7 Å². The molecule has 0 N–H and O–H groups in total. The van der Waals surface area contributed by atoms with Crippen LogP contribution >= 0.6 is 11.8 Å². The van der Waals surface area contributed by atoms with Gasteiger partial charge in [-0.1, -0.05) is 30.0 Å². The summed E-state index contributed by atoms with van der Waals surface area (Å²) in [6, 6.07) is 14.0. The van der Waals surface area contributed by atoms with Crippen molar-refractivity contribution in [3.63, 3.8) is 0 Å². The average molecular weight is 408 g/mol. The largest absolute Gasteiger partial charge is 0.454 e. The zero-order valence-corrected chi connectivity index (χ0v) is 17.0. The number of para-hydroxylation sites is 1. The topological polar surface area (TPSA) is 69.5 Å². The summed E-state index contributed by atoms with van der Waals surface area (Å²) in [5.41, 5.74) is 3.14. The monoisotopic (exact) mass is 408 g/mol. The minimum Gasteiger partial charge on any atom is -0.454 e. The lowest BCUT2D eigenvalue weighted by atomic mass is 10.1. The standard InChI is InChI=1S/C21H20N4O3S/c1-13-9-14-5-3-4-6-16(14)25(13)19(26)11-29-21-23-22-20(24(21)2)15-7-8-17-18(10-15)28-12-27-17/h3-8,10,13H,9,11-12H2,1-2H3/t13-/m1/s1. The maximum absolute atomic E-state index is 12.9. The molecular formula is C21H20N4O3S. The first-order valence-electron chi connectivity index (χ1n) is 9.44. The Morgan fingerprint density at radius 1 is 1.17 bits per heavy atom. The molecular weight excluding hydrogens is 388 g/mol. The van der Waals surface area contributed by atoms with Crippen molar-refractivity contribution in [1.29, 1.82) is 0 Å². The smallest absolute Gasteiger partial charge is 0.237 e. The molecule has 8 heteroatoms. The quantitative estimate of drug-likeness (QED) is 0.617. The van der Waals surface area contributed by atoms with Gasteiger partial charge in [-0.3, -0.25) is 4.79 Å². The second-order valence-electron chi connectivity index (χ2n) is 7.17. The normalized spacial score (nSPS) is 16.9. The number of amides is 1. The summed E-state index contributed by atoms with van der Waals surface area (Å²) in [4.78, 5) is 14.8. The number of carbonyl (C=O) groups excluding carboxylic acids is 1. The van der Waals surface area contributed by atoms with Crippen LogP contribution in [0.2, 0.25) is 0 Å². The van der Waals surface area contributed by atoms with E-state index in [4.69, 9.17) is 9.47 Å². The van der Waals surface area contributed by atoms with Gasteiger partial charge in [0, 0.05) is 24.3 Å². The van der Waals surface area contributed by atoms with Crippen LogP contribution in [-0.4, -0.2) is 39.3 Å². The Morgan fingerprint density at radius 3 is 2.90 bits per heavy atom. The van der Waals surface area contributed by atoms with E-state index in [0.29, 0.717) is 16.7 Å². The lowest BCUT2D eigenvalue weighted by Crippen LogP contribution is -2.37. The number of rotatable bonds is 4. The average Bonchev–Trinajstić information content (AvgIpc) is 3.41. The molecule has 0 saturated heterocycles. The second kappa shape index (κ2) is 7.11. The predicted octanol–water partition coefficient (Wildman–Crippen LogP) is 3.28. The van der Waals surface area contributed by atoms with Gasteiger partial charge in [0.1, 0.15) is 0 Å². The molecule has 0 saturated carbocycles. The highest BCUT2D eigenvalue weighted by molar-refractivity contribution is 7.99. The van der Waals surface area contributed by atoms with Crippen LogP contribution in [-0.2, 0) is 18.3 Å². The Hall–Kier alpha value is -3.00. The van der Waals surface area contributed by atoms with Crippen LogP contribution in [0.4, 0.5) is 5.69 Å². The number of anilines is 1. The third-order valence-electron chi connectivity index (χ3n) is 5.27. The first-order valence-corrected chi connectivity index (χ1v) is 10.4. The van der Waals surface area contributed by atoms with E-state index in [1.54, 1.807) is 0 Å². The van der Waals surface area contributed by atoms with E-state index in [2.05, 4.69) is 23.2 Å². The van der Waals surface area contributed by atoms with Crippen LogP contribution in [0.5, 0.6) is 11.5 Å². The van der Waals surface area contributed by atoms with Crippen LogP contribution in [0, 0.1) is 0 Å². The van der Waals surface area contributed by atoms with Crippen molar-refractivity contribution in [2.45, 2.75) is 24.5 Å². The summed E-state index contributed by atoms with van der Waals surface area (Å²) in [5, 5.41) is 9.29. The van der Waals surface area contributed by atoms with E-state index in [0.717, 1.165) is 29.2 Å². The Kier molecular flexibility index (Phi) is 4.43. The van der Waals surface area contributed by atoms with E-state index < -0.39 is 0 Å². The zero-order valence-electron chi connectivity index (χ0n) is 16.2. The minimum absolute atomic E-state index is 0.0834. The van der Waals surface area contributed by atoms with Crippen molar-refractivity contribution >= 4 is 23.4 Å². The van der Waals surface area contributed by atoms with Crippen molar-refractivity contribution in [3.05, 3.63) is 48.0 Å². The molecule has 3 aromatic rings. The van der Waals surface area contributed by atoms with Gasteiger partial charge in [0.05, 0.1) is 5.75 Å². The van der Waals surface area contributed by atoms with Crippen molar-refractivity contribution < 1.29 is 14.3 Å². The highest BCUT2D eigenvalue weighted by Crippen LogP contribution is 2.36. The van der Waals surface area contributed by atoms with Crippen molar-refractivity contribution in [3.8, 4) is 22.9 Å². The van der Waals surface area contributed by atoms with Crippen LogP contribution in [0.15, 0.2) is 47.6 Å². The summed E-state index contributed by atoms with van der Waals surface area (Å²) in [5.74, 6) is 2.55. The van der Waals surface area contributed by atoms with Gasteiger partial charge >= 0.3 is 0 Å². The minimum atomic E-state index is 0.0834. The van der Waals surface area contributed by atoms with Crippen LogP contribution in [0.1, 0.15) is 12.5 Å². The lowest BCUT2D eigenvalue weighted by molar-refractivity contribution is -0.116. The fraction of sp³-hybridized carbons (Fsp3) is 0.286. The Balaban J connectivity index is 1.32. The molecule has 0 unspecified atom stereocenters. The van der Waals surface area contributed by atoms with Gasteiger partial charge < -0.3 is 18.9 Å². The van der Waals surface area contributed by atoms with E-state index >= 15 is 0 Å². The lowest BCUT2D eigenvalue weighted by Gasteiger charge is -2.22. The number of aromatic nitrogens is 3. The third kappa shape index (κ3) is 3.13. The second-order valence-corrected chi connectivity index (χ2v) is 8.11. The Bertz CT molecular complexity index is 1100. The molecule has 1 amide bonds. The van der Waals surface area contributed by atoms with E-state index in [-0.39, 0.29) is 18.7 Å². The van der Waals surface area contributed by atoms with Crippen molar-refractivity contribution in [2.24, 2.45) is 7.05 Å². The molecule has 0 fully saturated rings. The van der Waals surface area contributed by atoms with Gasteiger partial charge in [0.25, 0.3) is 0 Å². The van der Waals surface area contributed by atoms with Gasteiger partial charge in [-0.25, -0.2) is 0 Å². The Morgan fingerprint density at radius 2 is 2.00 bits per heavy atom. The summed E-state index contributed by atoms with van der Waals surface area (Å²) in [6.07, 6.45) is 0.894. The number of thioether (sulfide) groups is 1. The molecule has 7 nitrogen and oxygen atoms in total. The Labute approximate surface area is 172 Å². The highest BCUT2D eigenvalue weighted by Gasteiger charge is 2.30. The molecule has 5 rings (SSSR count). The molecule has 0 aliphatic carbocycles. The van der Waals surface area contributed by atoms with E-state index in [1.165, 1.54) is 17.3 Å². The molecule has 2 aliphatic rings. The molecule has 148 valence electrons. The van der Waals surface area contributed by atoms with Gasteiger partial charge in [-0.05, 0) is 43.2 Å².